The average Bonchev–Trinajstić information content (AvgIpc) is 2.55. The first kappa shape index (κ1) is 15.6. The van der Waals surface area contributed by atoms with Gasteiger partial charge in [-0.05, 0) is 24.1 Å². The Hall–Kier alpha value is -0.760. The molecule has 8 heteroatoms. The van der Waals surface area contributed by atoms with Crippen LogP contribution in [0.1, 0.15) is 5.56 Å². The largest absolute Gasteiger partial charge is 0.306 e. The van der Waals surface area contributed by atoms with Gasteiger partial charge in [0.25, 0.3) is 5.92 Å². The zero-order valence-electron chi connectivity index (χ0n) is 10.7. The second-order valence-corrected chi connectivity index (χ2v) is 7.17. The highest BCUT2D eigenvalue weighted by atomic mass is 35.5. The third kappa shape index (κ3) is 3.88. The molecule has 0 amide bonds. The van der Waals surface area contributed by atoms with E-state index in [4.69, 9.17) is 11.6 Å². The van der Waals surface area contributed by atoms with E-state index >= 15 is 0 Å². The van der Waals surface area contributed by atoms with Crippen LogP contribution in [0.3, 0.4) is 0 Å². The lowest BCUT2D eigenvalue weighted by Crippen LogP contribution is -2.51. The predicted octanol–water partition coefficient (Wildman–Crippen LogP) is 1.41. The van der Waals surface area contributed by atoms with Gasteiger partial charge >= 0.3 is 0 Å². The Bertz CT molecular complexity index is 595. The zero-order valence-corrected chi connectivity index (χ0v) is 12.3. The van der Waals surface area contributed by atoms with Crippen molar-refractivity contribution in [3.05, 3.63) is 34.9 Å². The van der Waals surface area contributed by atoms with Crippen molar-refractivity contribution in [2.75, 3.05) is 12.8 Å². The number of halogens is 3. The summed E-state index contributed by atoms with van der Waals surface area (Å²) in [6.45, 7) is -0.550. The normalized spacial score (nSPS) is 25.8. The molecule has 0 saturated carbocycles. The molecule has 0 aliphatic carbocycles. The maximum Gasteiger partial charge on any atom is 0.277 e. The van der Waals surface area contributed by atoms with Gasteiger partial charge < -0.3 is 5.32 Å². The third-order valence-electron chi connectivity index (χ3n) is 3.14. The lowest BCUT2D eigenvalue weighted by atomic mass is 10.00. The predicted molar refractivity (Wildman–Crippen MR) is 73.7 cm³/mol. The topological polar surface area (TPSA) is 58.2 Å². The number of sulfonamides is 1. The van der Waals surface area contributed by atoms with Crippen molar-refractivity contribution in [3.63, 3.8) is 0 Å². The Kier molecular flexibility index (Phi) is 4.34. The minimum Gasteiger partial charge on any atom is -0.306 e. The maximum atomic E-state index is 13.8. The number of hydrogen-bond donors (Lipinski definition) is 2. The molecule has 0 aromatic heterocycles. The summed E-state index contributed by atoms with van der Waals surface area (Å²) in [5, 5.41) is 3.18. The van der Waals surface area contributed by atoms with Gasteiger partial charge in [-0.2, -0.15) is 0 Å². The van der Waals surface area contributed by atoms with Crippen LogP contribution in [0.25, 0.3) is 0 Å². The monoisotopic (exact) mass is 324 g/mol. The van der Waals surface area contributed by atoms with Crippen LogP contribution >= 0.6 is 11.6 Å². The summed E-state index contributed by atoms with van der Waals surface area (Å²) in [6.07, 6.45) is 1.14. The van der Waals surface area contributed by atoms with Crippen LogP contribution in [0.15, 0.2) is 24.3 Å². The van der Waals surface area contributed by atoms with Crippen LogP contribution in [-0.4, -0.2) is 39.2 Å². The van der Waals surface area contributed by atoms with Gasteiger partial charge in [-0.25, -0.2) is 21.9 Å². The second kappa shape index (κ2) is 5.55. The van der Waals surface area contributed by atoms with E-state index in [1.54, 1.807) is 24.3 Å². The van der Waals surface area contributed by atoms with Crippen molar-refractivity contribution in [2.45, 2.75) is 24.4 Å². The van der Waals surface area contributed by atoms with Crippen LogP contribution in [0, 0.1) is 0 Å². The van der Waals surface area contributed by atoms with Gasteiger partial charge in [0.2, 0.25) is 10.0 Å². The fraction of sp³-hybridized carbons (Fsp3) is 0.500. The van der Waals surface area contributed by atoms with E-state index in [0.717, 1.165) is 11.8 Å². The summed E-state index contributed by atoms with van der Waals surface area (Å²) in [5.41, 5.74) is 0.771. The fourth-order valence-corrected chi connectivity index (χ4v) is 3.31. The number of benzene rings is 1. The molecule has 20 heavy (non-hydrogen) atoms. The molecule has 2 atom stereocenters. The molecule has 4 nitrogen and oxygen atoms in total. The maximum absolute atomic E-state index is 13.8. The van der Waals surface area contributed by atoms with Crippen LogP contribution in [-0.2, 0) is 16.4 Å². The Morgan fingerprint density at radius 2 is 2.20 bits per heavy atom. The molecule has 1 aromatic carbocycles. The molecule has 1 fully saturated rings. The molecule has 1 aliphatic heterocycles. The number of hydrogen-bond acceptors (Lipinski definition) is 3. The van der Waals surface area contributed by atoms with Gasteiger partial charge in [0, 0.05) is 11.1 Å². The Morgan fingerprint density at radius 1 is 1.50 bits per heavy atom. The molecule has 0 unspecified atom stereocenters. The summed E-state index contributed by atoms with van der Waals surface area (Å²) in [7, 11) is -3.71. The average molecular weight is 325 g/mol. The standard InChI is InChI=1S/C12H15ClF2N2O2S/c1-20(18,19)17-11-10(16-7-12(11,14)15)6-8-3-2-4-9(13)5-8/h2-5,10-11,16-17H,6-7H2,1H3/t10-,11+/m0/s1. The van der Waals surface area contributed by atoms with E-state index < -0.39 is 34.6 Å². The molecule has 2 N–H and O–H groups in total. The zero-order chi connectivity index (χ0) is 15.0. The highest BCUT2D eigenvalue weighted by Crippen LogP contribution is 2.28. The van der Waals surface area contributed by atoms with E-state index in [2.05, 4.69) is 5.32 Å². The summed E-state index contributed by atoms with van der Waals surface area (Å²) >= 11 is 5.85. The van der Waals surface area contributed by atoms with Crippen LogP contribution in [0.5, 0.6) is 0 Å². The molecule has 0 spiro atoms. The summed E-state index contributed by atoms with van der Waals surface area (Å²) in [6, 6.07) is 4.71. The fourth-order valence-electron chi connectivity index (χ4n) is 2.30. The van der Waals surface area contributed by atoms with Gasteiger partial charge in [-0.1, -0.05) is 23.7 Å². The molecular formula is C12H15ClF2N2O2S. The first-order chi connectivity index (χ1) is 9.17. The SMILES string of the molecule is CS(=O)(=O)N[C@@H]1[C@H](Cc2cccc(Cl)c2)NCC1(F)F. The summed E-state index contributed by atoms with van der Waals surface area (Å²) in [4.78, 5) is 0. The van der Waals surface area contributed by atoms with Gasteiger partial charge in [0.05, 0.1) is 12.8 Å². The molecule has 0 radical (unpaired) electrons. The smallest absolute Gasteiger partial charge is 0.277 e. The Balaban J connectivity index is 2.18. The van der Waals surface area contributed by atoms with E-state index in [0.29, 0.717) is 5.02 Å². The van der Waals surface area contributed by atoms with E-state index in [-0.39, 0.29) is 6.42 Å². The lowest BCUT2D eigenvalue weighted by molar-refractivity contribution is -0.000807. The van der Waals surface area contributed by atoms with Crippen molar-refractivity contribution in [1.29, 1.82) is 0 Å². The summed E-state index contributed by atoms with van der Waals surface area (Å²) < 4.78 is 52.0. The third-order valence-corrected chi connectivity index (χ3v) is 4.06. The summed E-state index contributed by atoms with van der Waals surface area (Å²) in [5.74, 6) is -3.12. The molecule has 1 saturated heterocycles. The minimum absolute atomic E-state index is 0.267. The quantitative estimate of drug-likeness (QED) is 0.880. The van der Waals surface area contributed by atoms with E-state index in [1.165, 1.54) is 0 Å². The van der Waals surface area contributed by atoms with Gasteiger partial charge in [-0.15, -0.1) is 0 Å². The molecule has 0 bridgehead atoms. The van der Waals surface area contributed by atoms with E-state index in [9.17, 15) is 17.2 Å². The first-order valence-electron chi connectivity index (χ1n) is 6.00. The van der Waals surface area contributed by atoms with Crippen LogP contribution < -0.4 is 10.0 Å². The lowest BCUT2D eigenvalue weighted by Gasteiger charge is -2.23. The number of nitrogens with one attached hydrogen (secondary N) is 2. The molecule has 2 rings (SSSR count). The van der Waals surface area contributed by atoms with Gasteiger partial charge in [0.1, 0.15) is 6.04 Å². The molecular weight excluding hydrogens is 310 g/mol. The van der Waals surface area contributed by atoms with Crippen molar-refractivity contribution in [3.8, 4) is 0 Å². The molecule has 1 heterocycles. The highest BCUT2D eigenvalue weighted by molar-refractivity contribution is 7.88. The van der Waals surface area contributed by atoms with Crippen molar-refractivity contribution >= 4 is 21.6 Å². The van der Waals surface area contributed by atoms with Crippen LogP contribution in [0.4, 0.5) is 8.78 Å². The minimum atomic E-state index is -3.71. The molecule has 1 aromatic rings. The van der Waals surface area contributed by atoms with Gasteiger partial charge in [-0.3, -0.25) is 0 Å². The first-order valence-corrected chi connectivity index (χ1v) is 8.27. The van der Waals surface area contributed by atoms with Crippen molar-refractivity contribution < 1.29 is 17.2 Å². The number of rotatable bonds is 4. The highest BCUT2D eigenvalue weighted by Gasteiger charge is 2.51. The Morgan fingerprint density at radius 3 is 2.80 bits per heavy atom. The Labute approximate surface area is 121 Å². The van der Waals surface area contributed by atoms with Crippen molar-refractivity contribution in [1.82, 2.24) is 10.0 Å². The van der Waals surface area contributed by atoms with Crippen LogP contribution in [0.2, 0.25) is 5.02 Å². The second-order valence-electron chi connectivity index (χ2n) is 4.95. The molecule has 1 aliphatic rings. The molecule has 112 valence electrons. The van der Waals surface area contributed by atoms with E-state index in [1.807, 2.05) is 4.72 Å². The van der Waals surface area contributed by atoms with Gasteiger partial charge in [0.15, 0.2) is 0 Å². The number of alkyl halides is 2. The van der Waals surface area contributed by atoms with Crippen molar-refractivity contribution in [2.24, 2.45) is 0 Å².